The van der Waals surface area contributed by atoms with Gasteiger partial charge in [0.1, 0.15) is 5.02 Å². The fourth-order valence-electron chi connectivity index (χ4n) is 3.48. The quantitative estimate of drug-likeness (QED) is 0.392. The number of halogens is 1. The molecule has 0 saturated heterocycles. The van der Waals surface area contributed by atoms with Crippen molar-refractivity contribution < 1.29 is 13.3 Å². The number of hydrogen-bond donors (Lipinski definition) is 1. The minimum absolute atomic E-state index is 0.133. The summed E-state index contributed by atoms with van der Waals surface area (Å²) in [6.07, 6.45) is 6.24. The first-order valence-corrected chi connectivity index (χ1v) is 11.2. The summed E-state index contributed by atoms with van der Waals surface area (Å²) in [4.78, 5) is 12.1. The van der Waals surface area contributed by atoms with Crippen molar-refractivity contribution in [3.8, 4) is 0 Å². The van der Waals surface area contributed by atoms with E-state index < -0.39 is 20.6 Å². The zero-order chi connectivity index (χ0) is 21.0. The Hall–Kier alpha value is -2.45. The van der Waals surface area contributed by atoms with Crippen molar-refractivity contribution >= 4 is 33.0 Å². The molecule has 1 aliphatic carbocycles. The minimum Gasteiger partial charge on any atom is -0.258 e. The van der Waals surface area contributed by atoms with Crippen LogP contribution in [0.4, 0.5) is 5.69 Å². The molecule has 154 valence electrons. The van der Waals surface area contributed by atoms with E-state index in [1.54, 1.807) is 6.92 Å². The van der Waals surface area contributed by atoms with Crippen molar-refractivity contribution in [1.82, 2.24) is 4.83 Å². The Labute approximate surface area is 175 Å². The van der Waals surface area contributed by atoms with Gasteiger partial charge in [-0.25, -0.2) is 0 Å². The Balaban J connectivity index is 1.74. The lowest BCUT2D eigenvalue weighted by atomic mass is 9.84. The van der Waals surface area contributed by atoms with E-state index in [4.69, 9.17) is 11.6 Å². The molecular weight excluding hydrogens is 414 g/mol. The highest BCUT2D eigenvalue weighted by molar-refractivity contribution is 7.89. The van der Waals surface area contributed by atoms with Gasteiger partial charge in [-0.15, -0.1) is 0 Å². The van der Waals surface area contributed by atoms with Crippen LogP contribution >= 0.6 is 11.6 Å². The number of nitro benzene ring substituents is 1. The maximum atomic E-state index is 12.4. The van der Waals surface area contributed by atoms with E-state index in [-0.39, 0.29) is 9.92 Å². The molecule has 0 unspecified atom stereocenters. The van der Waals surface area contributed by atoms with Crippen LogP contribution in [0.3, 0.4) is 0 Å². The zero-order valence-electron chi connectivity index (χ0n) is 16.0. The van der Waals surface area contributed by atoms with Crippen LogP contribution in [0.15, 0.2) is 52.5 Å². The second kappa shape index (κ2) is 8.92. The summed E-state index contributed by atoms with van der Waals surface area (Å²) in [5.41, 5.74) is 2.12. The van der Waals surface area contributed by atoms with Crippen molar-refractivity contribution in [2.75, 3.05) is 0 Å². The molecule has 0 radical (unpaired) electrons. The van der Waals surface area contributed by atoms with Crippen molar-refractivity contribution in [3.05, 3.63) is 68.7 Å². The third-order valence-corrected chi connectivity index (χ3v) is 6.69. The molecular formula is C20H22ClN3O4S. The number of rotatable bonds is 6. The molecule has 2 aromatic carbocycles. The molecule has 9 heteroatoms. The van der Waals surface area contributed by atoms with Crippen LogP contribution in [0, 0.1) is 10.1 Å². The van der Waals surface area contributed by atoms with Gasteiger partial charge in [-0.1, -0.05) is 55.1 Å². The van der Waals surface area contributed by atoms with E-state index in [2.05, 4.69) is 22.1 Å². The van der Waals surface area contributed by atoms with Crippen LogP contribution in [-0.2, 0) is 10.0 Å². The van der Waals surface area contributed by atoms with Crippen molar-refractivity contribution in [3.63, 3.8) is 0 Å². The van der Waals surface area contributed by atoms with E-state index >= 15 is 0 Å². The van der Waals surface area contributed by atoms with Crippen LogP contribution < -0.4 is 4.83 Å². The summed E-state index contributed by atoms with van der Waals surface area (Å²) in [5, 5.41) is 14.8. The Morgan fingerprint density at radius 1 is 1.14 bits per heavy atom. The Morgan fingerprint density at radius 3 is 2.41 bits per heavy atom. The molecule has 0 bridgehead atoms. The molecule has 1 N–H and O–H groups in total. The molecule has 0 heterocycles. The van der Waals surface area contributed by atoms with Crippen molar-refractivity contribution in [1.29, 1.82) is 0 Å². The molecule has 0 aromatic heterocycles. The smallest absolute Gasteiger partial charge is 0.258 e. The highest BCUT2D eigenvalue weighted by atomic mass is 35.5. The normalized spacial score (nSPS) is 15.9. The van der Waals surface area contributed by atoms with Crippen molar-refractivity contribution in [2.45, 2.75) is 49.8 Å². The summed E-state index contributed by atoms with van der Waals surface area (Å²) in [6, 6.07) is 11.3. The summed E-state index contributed by atoms with van der Waals surface area (Å²) in [5.74, 6) is 0.592. The van der Waals surface area contributed by atoms with Crippen LogP contribution in [0.1, 0.15) is 56.1 Å². The van der Waals surface area contributed by atoms with Gasteiger partial charge >= 0.3 is 0 Å². The maximum absolute atomic E-state index is 12.4. The molecule has 1 saturated carbocycles. The first-order chi connectivity index (χ1) is 13.8. The van der Waals surface area contributed by atoms with Gasteiger partial charge in [0.2, 0.25) is 0 Å². The predicted molar refractivity (Wildman–Crippen MR) is 113 cm³/mol. The van der Waals surface area contributed by atoms with E-state index in [1.807, 2.05) is 12.1 Å². The van der Waals surface area contributed by atoms with E-state index in [9.17, 15) is 18.5 Å². The standard InChI is InChI=1S/C20H22ClN3O4S/c1-14(15-7-9-17(10-8-15)16-5-3-2-4-6-16)22-23-29(27,28)18-11-12-19(21)20(13-18)24(25)26/h7-13,16,23H,2-6H2,1H3/b22-14+. The number of hydrogen-bond acceptors (Lipinski definition) is 5. The van der Waals surface area contributed by atoms with E-state index in [0.29, 0.717) is 11.6 Å². The van der Waals surface area contributed by atoms with Gasteiger partial charge < -0.3 is 0 Å². The van der Waals surface area contributed by atoms with Crippen LogP contribution in [-0.4, -0.2) is 19.1 Å². The van der Waals surface area contributed by atoms with E-state index in [0.717, 1.165) is 11.6 Å². The van der Waals surface area contributed by atoms with Crippen molar-refractivity contribution in [2.24, 2.45) is 5.10 Å². The van der Waals surface area contributed by atoms with Gasteiger partial charge in [-0.3, -0.25) is 10.1 Å². The monoisotopic (exact) mass is 435 g/mol. The summed E-state index contributed by atoms with van der Waals surface area (Å²) in [6.45, 7) is 1.70. The lowest BCUT2D eigenvalue weighted by Crippen LogP contribution is -2.20. The molecule has 0 amide bonds. The Morgan fingerprint density at radius 2 is 1.79 bits per heavy atom. The third kappa shape index (κ3) is 5.13. The summed E-state index contributed by atoms with van der Waals surface area (Å²) < 4.78 is 24.9. The molecule has 1 fully saturated rings. The zero-order valence-corrected chi connectivity index (χ0v) is 17.5. The molecule has 0 spiro atoms. The van der Waals surface area contributed by atoms with Gasteiger partial charge in [0.25, 0.3) is 15.7 Å². The lowest BCUT2D eigenvalue weighted by Gasteiger charge is -2.22. The molecule has 3 rings (SSSR count). The Kier molecular flexibility index (Phi) is 6.54. The van der Waals surface area contributed by atoms with Gasteiger partial charge in [0, 0.05) is 6.07 Å². The van der Waals surface area contributed by atoms with Gasteiger partial charge in [0.05, 0.1) is 15.5 Å². The number of nitro groups is 1. The SMILES string of the molecule is C/C(=N\NS(=O)(=O)c1ccc(Cl)c([N+](=O)[O-])c1)c1ccc(C2CCCCC2)cc1. The highest BCUT2D eigenvalue weighted by Crippen LogP contribution is 2.32. The summed E-state index contributed by atoms with van der Waals surface area (Å²) in [7, 11) is -4.06. The average molecular weight is 436 g/mol. The average Bonchev–Trinajstić information content (AvgIpc) is 2.73. The molecule has 7 nitrogen and oxygen atoms in total. The fraction of sp³-hybridized carbons (Fsp3) is 0.350. The fourth-order valence-corrected chi connectivity index (χ4v) is 4.54. The van der Waals surface area contributed by atoms with Gasteiger partial charge in [-0.2, -0.15) is 18.4 Å². The molecule has 0 aliphatic heterocycles. The number of nitrogens with one attached hydrogen (secondary N) is 1. The molecule has 29 heavy (non-hydrogen) atoms. The highest BCUT2D eigenvalue weighted by Gasteiger charge is 2.20. The van der Waals surface area contributed by atoms with Crippen LogP contribution in [0.25, 0.3) is 0 Å². The predicted octanol–water partition coefficient (Wildman–Crippen LogP) is 5.00. The van der Waals surface area contributed by atoms with Gasteiger partial charge in [-0.05, 0) is 48.9 Å². The second-order valence-corrected chi connectivity index (χ2v) is 9.19. The van der Waals surface area contributed by atoms with Crippen LogP contribution in [0.2, 0.25) is 5.02 Å². The lowest BCUT2D eigenvalue weighted by molar-refractivity contribution is -0.384. The number of sulfonamides is 1. The molecule has 0 atom stereocenters. The third-order valence-electron chi connectivity index (χ3n) is 5.16. The summed E-state index contributed by atoms with van der Waals surface area (Å²) >= 11 is 5.73. The topological polar surface area (TPSA) is 102 Å². The largest absolute Gasteiger partial charge is 0.289 e. The number of benzene rings is 2. The Bertz CT molecular complexity index is 1030. The van der Waals surface area contributed by atoms with Gasteiger partial charge in [0.15, 0.2) is 0 Å². The molecule has 2 aromatic rings. The first kappa shape index (κ1) is 21.3. The second-order valence-electron chi connectivity index (χ2n) is 7.12. The number of hydrazone groups is 1. The van der Waals surface area contributed by atoms with E-state index in [1.165, 1.54) is 49.8 Å². The maximum Gasteiger partial charge on any atom is 0.289 e. The minimum atomic E-state index is -4.06. The number of nitrogens with zero attached hydrogens (tertiary/aromatic N) is 2. The first-order valence-electron chi connectivity index (χ1n) is 9.38. The molecule has 1 aliphatic rings. The van der Waals surface area contributed by atoms with Crippen LogP contribution in [0.5, 0.6) is 0 Å².